The molecule has 3 nitrogen and oxygen atoms in total. The van der Waals surface area contributed by atoms with Crippen molar-refractivity contribution in [1.82, 2.24) is 10.4 Å². The third-order valence-corrected chi connectivity index (χ3v) is 4.95. The lowest BCUT2D eigenvalue weighted by Crippen LogP contribution is -2.29. The summed E-state index contributed by atoms with van der Waals surface area (Å²) in [4.78, 5) is 4.19. The molecule has 0 spiro atoms. The molecule has 0 aliphatic carbocycles. The zero-order valence-electron chi connectivity index (χ0n) is 11.5. The summed E-state index contributed by atoms with van der Waals surface area (Å²) in [6.07, 6.45) is 4.44. The highest BCUT2D eigenvalue weighted by Crippen LogP contribution is 2.27. The summed E-state index contributed by atoms with van der Waals surface area (Å²) in [5.41, 5.74) is 7.66. The van der Waals surface area contributed by atoms with E-state index in [0.29, 0.717) is 0 Å². The van der Waals surface area contributed by atoms with E-state index in [1.54, 1.807) is 6.20 Å². The Morgan fingerprint density at radius 2 is 1.80 bits per heavy atom. The van der Waals surface area contributed by atoms with Gasteiger partial charge in [0.1, 0.15) is 0 Å². The van der Waals surface area contributed by atoms with Gasteiger partial charge in [-0.1, -0.05) is 28.1 Å². The van der Waals surface area contributed by atoms with Crippen molar-refractivity contribution in [3.05, 3.63) is 61.8 Å². The fraction of sp³-hybridized carbons (Fsp3) is 0.267. The molecule has 0 fully saturated rings. The maximum Gasteiger partial charge on any atom is 0.0501 e. The molecular formula is C15H17Br2N3. The number of aromatic nitrogens is 1. The van der Waals surface area contributed by atoms with Crippen molar-refractivity contribution >= 4 is 31.9 Å². The minimum Gasteiger partial charge on any atom is -0.271 e. The summed E-state index contributed by atoms with van der Waals surface area (Å²) in [6, 6.07) is 6.45. The molecule has 0 saturated heterocycles. The van der Waals surface area contributed by atoms with Gasteiger partial charge in [0.25, 0.3) is 0 Å². The van der Waals surface area contributed by atoms with Crippen LogP contribution in [0.3, 0.4) is 0 Å². The van der Waals surface area contributed by atoms with Gasteiger partial charge < -0.3 is 0 Å². The zero-order chi connectivity index (χ0) is 14.7. The quantitative estimate of drug-likeness (QED) is 0.605. The lowest BCUT2D eigenvalue weighted by atomic mass is 9.97. The summed E-state index contributed by atoms with van der Waals surface area (Å²) < 4.78 is 2.13. The number of rotatable bonds is 4. The molecule has 0 bridgehead atoms. The van der Waals surface area contributed by atoms with Crippen LogP contribution in [0.15, 0.2) is 39.5 Å². The summed E-state index contributed by atoms with van der Waals surface area (Å²) in [5.74, 6) is 5.74. The second kappa shape index (κ2) is 6.80. The number of halogens is 2. The molecule has 5 heteroatoms. The van der Waals surface area contributed by atoms with Crippen LogP contribution < -0.4 is 11.3 Å². The smallest absolute Gasteiger partial charge is 0.0501 e. The number of nitrogens with two attached hydrogens (primary N) is 1. The third-order valence-electron chi connectivity index (χ3n) is 3.26. The molecule has 2 rings (SSSR count). The number of nitrogens with one attached hydrogen (secondary N) is 1. The fourth-order valence-corrected chi connectivity index (χ4v) is 2.90. The van der Waals surface area contributed by atoms with Gasteiger partial charge in [-0.05, 0) is 64.5 Å². The largest absolute Gasteiger partial charge is 0.271 e. The Bertz CT molecular complexity index is 591. The van der Waals surface area contributed by atoms with Crippen LogP contribution in [-0.2, 0) is 6.42 Å². The number of nitrogens with zero attached hydrogens (tertiary/aromatic N) is 1. The van der Waals surface area contributed by atoms with Gasteiger partial charge in [0.15, 0.2) is 0 Å². The number of hydrogen-bond donors (Lipinski definition) is 2. The predicted molar refractivity (Wildman–Crippen MR) is 89.3 cm³/mol. The molecule has 106 valence electrons. The van der Waals surface area contributed by atoms with Gasteiger partial charge in [-0.2, -0.15) is 0 Å². The second-order valence-electron chi connectivity index (χ2n) is 4.90. The van der Waals surface area contributed by atoms with Crippen molar-refractivity contribution < 1.29 is 0 Å². The van der Waals surface area contributed by atoms with E-state index in [4.69, 9.17) is 5.84 Å². The molecule has 20 heavy (non-hydrogen) atoms. The fourth-order valence-electron chi connectivity index (χ4n) is 2.26. The van der Waals surface area contributed by atoms with Crippen molar-refractivity contribution in [3.8, 4) is 0 Å². The van der Waals surface area contributed by atoms with Crippen LogP contribution in [0.5, 0.6) is 0 Å². The molecule has 2 aromatic rings. The topological polar surface area (TPSA) is 50.9 Å². The van der Waals surface area contributed by atoms with E-state index in [1.807, 2.05) is 6.20 Å². The molecule has 3 N–H and O–H groups in total. The van der Waals surface area contributed by atoms with Crippen LogP contribution in [0.25, 0.3) is 0 Å². The molecule has 0 aliphatic rings. The zero-order valence-corrected chi connectivity index (χ0v) is 14.6. The van der Waals surface area contributed by atoms with Crippen molar-refractivity contribution in [2.75, 3.05) is 0 Å². The summed E-state index contributed by atoms with van der Waals surface area (Å²) in [7, 11) is 0. The first-order valence-corrected chi connectivity index (χ1v) is 7.92. The SMILES string of the molecule is Cc1cc(C(Cc2cncc(Br)c2)NN)cc(C)c1Br. The van der Waals surface area contributed by atoms with Crippen molar-refractivity contribution in [2.45, 2.75) is 26.3 Å². The minimum atomic E-state index is 0.0663. The average Bonchev–Trinajstić information content (AvgIpc) is 2.41. The molecule has 0 aliphatic heterocycles. The van der Waals surface area contributed by atoms with Crippen LogP contribution in [0.2, 0.25) is 0 Å². The van der Waals surface area contributed by atoms with Gasteiger partial charge in [0, 0.05) is 21.3 Å². The first kappa shape index (κ1) is 15.6. The Hall–Kier alpha value is -0.750. The molecule has 1 aromatic heterocycles. The maximum atomic E-state index is 5.74. The molecule has 1 atom stereocenters. The van der Waals surface area contributed by atoms with Crippen LogP contribution in [0.4, 0.5) is 0 Å². The van der Waals surface area contributed by atoms with Gasteiger partial charge in [0.05, 0.1) is 6.04 Å². The van der Waals surface area contributed by atoms with E-state index in [9.17, 15) is 0 Å². The number of hydrazine groups is 1. The molecule has 1 heterocycles. The van der Waals surface area contributed by atoms with Crippen molar-refractivity contribution in [3.63, 3.8) is 0 Å². The Morgan fingerprint density at radius 3 is 2.35 bits per heavy atom. The first-order chi connectivity index (χ1) is 9.51. The summed E-state index contributed by atoms with van der Waals surface area (Å²) in [6.45, 7) is 4.18. The first-order valence-electron chi connectivity index (χ1n) is 6.33. The minimum absolute atomic E-state index is 0.0663. The standard InChI is InChI=1S/C15H17Br2N3/c1-9-3-12(4-10(2)15(9)17)14(20-18)6-11-5-13(16)8-19-7-11/h3-5,7-8,14,20H,6,18H2,1-2H3. The van der Waals surface area contributed by atoms with E-state index >= 15 is 0 Å². The summed E-state index contributed by atoms with van der Waals surface area (Å²) >= 11 is 7.04. The lowest BCUT2D eigenvalue weighted by molar-refractivity contribution is 0.550. The molecule has 0 saturated carbocycles. The van der Waals surface area contributed by atoms with Crippen molar-refractivity contribution in [1.29, 1.82) is 0 Å². The number of benzene rings is 1. The van der Waals surface area contributed by atoms with Crippen LogP contribution in [-0.4, -0.2) is 4.98 Å². The molecule has 0 amide bonds. The average molecular weight is 399 g/mol. The van der Waals surface area contributed by atoms with E-state index in [0.717, 1.165) is 20.9 Å². The third kappa shape index (κ3) is 3.67. The second-order valence-corrected chi connectivity index (χ2v) is 6.61. The van der Waals surface area contributed by atoms with Crippen molar-refractivity contribution in [2.24, 2.45) is 5.84 Å². The monoisotopic (exact) mass is 397 g/mol. The molecular weight excluding hydrogens is 382 g/mol. The van der Waals surface area contributed by atoms with E-state index in [1.165, 1.54) is 16.7 Å². The Balaban J connectivity index is 2.29. The normalized spacial score (nSPS) is 12.4. The highest BCUT2D eigenvalue weighted by Gasteiger charge is 2.13. The Labute approximate surface area is 136 Å². The number of aryl methyl sites for hydroxylation is 2. The lowest BCUT2D eigenvalue weighted by Gasteiger charge is -2.18. The molecule has 1 aromatic carbocycles. The highest BCUT2D eigenvalue weighted by atomic mass is 79.9. The van der Waals surface area contributed by atoms with E-state index in [2.05, 4.69) is 74.3 Å². The van der Waals surface area contributed by atoms with Crippen LogP contribution >= 0.6 is 31.9 Å². The highest BCUT2D eigenvalue weighted by molar-refractivity contribution is 9.10. The maximum absolute atomic E-state index is 5.74. The van der Waals surface area contributed by atoms with Gasteiger partial charge >= 0.3 is 0 Å². The Morgan fingerprint density at radius 1 is 1.15 bits per heavy atom. The molecule has 1 unspecified atom stereocenters. The molecule has 0 radical (unpaired) electrons. The van der Waals surface area contributed by atoms with Gasteiger partial charge in [0.2, 0.25) is 0 Å². The van der Waals surface area contributed by atoms with Gasteiger partial charge in [-0.15, -0.1) is 0 Å². The van der Waals surface area contributed by atoms with E-state index < -0.39 is 0 Å². The predicted octanol–water partition coefficient (Wildman–Crippen LogP) is 3.97. The number of hydrogen-bond acceptors (Lipinski definition) is 3. The van der Waals surface area contributed by atoms with Crippen LogP contribution in [0, 0.1) is 13.8 Å². The van der Waals surface area contributed by atoms with Gasteiger partial charge in [-0.25, -0.2) is 0 Å². The van der Waals surface area contributed by atoms with E-state index in [-0.39, 0.29) is 6.04 Å². The number of pyridine rings is 1. The van der Waals surface area contributed by atoms with Crippen LogP contribution in [0.1, 0.15) is 28.3 Å². The summed E-state index contributed by atoms with van der Waals surface area (Å²) in [5, 5.41) is 0. The Kier molecular flexibility index (Phi) is 5.32. The van der Waals surface area contributed by atoms with Gasteiger partial charge in [-0.3, -0.25) is 16.3 Å².